The number of esters is 1. The van der Waals surface area contributed by atoms with E-state index in [1.807, 2.05) is 0 Å². The fourth-order valence-electron chi connectivity index (χ4n) is 5.88. The average Bonchev–Trinajstić information content (AvgIpc) is 3.39. The Kier molecular flexibility index (Phi) is 11.9. The topological polar surface area (TPSA) is 311 Å². The van der Waals surface area contributed by atoms with E-state index in [-0.39, 0.29) is 34.2 Å². The number of methoxy groups -OCH3 is 2. The van der Waals surface area contributed by atoms with Gasteiger partial charge in [-0.3, -0.25) is 14.4 Å². The van der Waals surface area contributed by atoms with Crippen molar-refractivity contribution >= 4 is 22.9 Å². The van der Waals surface area contributed by atoms with Gasteiger partial charge < -0.3 is 83.5 Å². The molecule has 2 aromatic carbocycles. The second kappa shape index (κ2) is 15.9. The molecule has 0 radical (unpaired) electrons. The molecule has 2 saturated heterocycles. The van der Waals surface area contributed by atoms with Crippen LogP contribution in [0.2, 0.25) is 0 Å². The number of carbonyl (C=O) groups is 2. The molecule has 0 spiro atoms. The maximum Gasteiger partial charge on any atom is 0.308 e. The monoisotopic (exact) mass is 768 g/mol. The number of hydrogen-bond acceptors (Lipinski definition) is 19. The van der Waals surface area contributed by atoms with Gasteiger partial charge in [-0.15, -0.1) is 0 Å². The van der Waals surface area contributed by atoms with Crippen molar-refractivity contribution in [3.05, 3.63) is 40.6 Å². The number of ether oxygens (including phenoxy) is 7. The van der Waals surface area contributed by atoms with Gasteiger partial charge in [0.15, 0.2) is 29.7 Å². The molecule has 5 rings (SSSR count). The number of phenolic OH excluding ortho intramolecular Hbond substituents is 2. The minimum absolute atomic E-state index is 0.0590. The van der Waals surface area contributed by atoms with Crippen molar-refractivity contribution in [3.8, 4) is 40.1 Å². The predicted molar refractivity (Wildman–Crippen MR) is 177 cm³/mol. The first kappa shape index (κ1) is 40.4. The summed E-state index contributed by atoms with van der Waals surface area (Å²) in [5.74, 6) is -4.39. The molecule has 9 N–H and O–H groups in total. The second-order valence-corrected chi connectivity index (χ2v) is 13.1. The number of hydrogen-bond donors (Lipinski definition) is 9. The van der Waals surface area contributed by atoms with E-state index >= 15 is 0 Å². The molecule has 0 bridgehead atoms. The van der Waals surface area contributed by atoms with Gasteiger partial charge in [-0.25, -0.2) is 0 Å². The summed E-state index contributed by atoms with van der Waals surface area (Å²) in [6, 6.07) is 6.23. The van der Waals surface area contributed by atoms with Crippen LogP contribution in [0.4, 0.5) is 0 Å². The molecule has 9 unspecified atom stereocenters. The smallest absolute Gasteiger partial charge is 0.308 e. The lowest BCUT2D eigenvalue weighted by atomic mass is 9.97. The fourth-order valence-corrected chi connectivity index (χ4v) is 5.88. The molecule has 296 valence electrons. The van der Waals surface area contributed by atoms with Crippen LogP contribution < -0.4 is 19.6 Å². The lowest BCUT2D eigenvalue weighted by Gasteiger charge is -2.42. The van der Waals surface area contributed by atoms with Crippen molar-refractivity contribution < 1.29 is 93.1 Å². The van der Waals surface area contributed by atoms with Crippen molar-refractivity contribution in [2.75, 3.05) is 34.0 Å². The molecule has 0 amide bonds. The van der Waals surface area contributed by atoms with Gasteiger partial charge in [-0.1, -0.05) is 0 Å². The van der Waals surface area contributed by atoms with Crippen LogP contribution in [0.3, 0.4) is 0 Å². The zero-order valence-electron chi connectivity index (χ0n) is 29.0. The number of benzene rings is 2. The molecule has 0 aliphatic carbocycles. The van der Waals surface area contributed by atoms with Gasteiger partial charge in [-0.2, -0.15) is 0 Å². The van der Waals surface area contributed by atoms with Crippen molar-refractivity contribution in [2.45, 2.75) is 74.1 Å². The van der Waals surface area contributed by atoms with Crippen LogP contribution in [-0.2, 0) is 28.5 Å². The molecular formula is C34H40O20. The van der Waals surface area contributed by atoms with Gasteiger partial charge in [0.1, 0.15) is 59.1 Å². The SMILES string of the molecule is COc1cc(O)c2c(=O)c(OC3OC(COC(=O)CC(C)(O)CC(=O)O)C(O)C(O)C3OC3OCC(O)(CO)C3O)c(-c3ccc(O)c(OC)c3)oc2c1. The van der Waals surface area contributed by atoms with Crippen LogP contribution in [0, 0.1) is 0 Å². The zero-order chi connectivity index (χ0) is 39.7. The highest BCUT2D eigenvalue weighted by molar-refractivity contribution is 5.88. The Balaban J connectivity index is 1.57. The van der Waals surface area contributed by atoms with Crippen molar-refractivity contribution in [3.63, 3.8) is 0 Å². The summed E-state index contributed by atoms with van der Waals surface area (Å²) in [5.41, 5.74) is -5.34. The summed E-state index contributed by atoms with van der Waals surface area (Å²) in [4.78, 5) is 37.8. The number of aliphatic carboxylic acids is 1. The van der Waals surface area contributed by atoms with Crippen LogP contribution in [0.1, 0.15) is 19.8 Å². The van der Waals surface area contributed by atoms with E-state index in [0.717, 1.165) is 13.0 Å². The van der Waals surface area contributed by atoms with Crippen LogP contribution >= 0.6 is 0 Å². The summed E-state index contributed by atoms with van der Waals surface area (Å²) in [5, 5.41) is 93.1. The van der Waals surface area contributed by atoms with Crippen molar-refractivity contribution in [1.82, 2.24) is 0 Å². The third-order valence-electron chi connectivity index (χ3n) is 8.80. The highest BCUT2D eigenvalue weighted by atomic mass is 16.8. The Hall–Kier alpha value is -4.77. The second-order valence-electron chi connectivity index (χ2n) is 13.1. The standard InChI is InChI=1S/C34H40O20/c1-33(45,9-21(38)39)10-22(40)49-11-20-24(41)26(43)29(54-32-30(44)34(46,12-35)13-50-32)31(52-20)53-28-25(42)23-17(37)7-15(47-2)8-19(23)51-27(28)14-4-5-16(36)18(6-14)48-3/h4-8,20,24,26,29-32,35-37,41,43-46H,9-13H2,1-3H3,(H,38,39). The number of carboxylic acids is 1. The maximum atomic E-state index is 14.2. The number of aromatic hydroxyl groups is 2. The minimum Gasteiger partial charge on any atom is -0.507 e. The number of rotatable bonds is 14. The number of carbonyl (C=O) groups excluding carboxylic acids is 1. The Morgan fingerprint density at radius 1 is 1.00 bits per heavy atom. The molecule has 2 aliphatic rings. The normalized spacial score (nSPS) is 28.0. The molecule has 20 nitrogen and oxygen atoms in total. The molecule has 54 heavy (non-hydrogen) atoms. The molecule has 3 heterocycles. The molecule has 1 aromatic heterocycles. The molecule has 9 atom stereocenters. The highest BCUT2D eigenvalue weighted by Gasteiger charge is 2.54. The van der Waals surface area contributed by atoms with Gasteiger partial charge in [0.25, 0.3) is 0 Å². The molecule has 2 fully saturated rings. The minimum atomic E-state index is -2.19. The van der Waals surface area contributed by atoms with Crippen LogP contribution in [0.25, 0.3) is 22.3 Å². The Morgan fingerprint density at radius 2 is 1.72 bits per heavy atom. The van der Waals surface area contributed by atoms with Gasteiger partial charge in [-0.05, 0) is 25.1 Å². The summed E-state index contributed by atoms with van der Waals surface area (Å²) in [6.07, 6.45) is -14.8. The number of fused-ring (bicyclic) bond motifs is 1. The predicted octanol–water partition coefficient (Wildman–Crippen LogP) is -1.30. The van der Waals surface area contributed by atoms with Crippen LogP contribution in [0.15, 0.2) is 39.5 Å². The maximum absolute atomic E-state index is 14.2. The first-order valence-corrected chi connectivity index (χ1v) is 16.2. The largest absolute Gasteiger partial charge is 0.507 e. The Bertz CT molecular complexity index is 1910. The quantitative estimate of drug-likeness (QED) is 0.0861. The zero-order valence-corrected chi connectivity index (χ0v) is 29.0. The molecular weight excluding hydrogens is 728 g/mol. The number of aliphatic hydroxyl groups is 6. The van der Waals surface area contributed by atoms with Crippen molar-refractivity contribution in [1.29, 1.82) is 0 Å². The molecule has 3 aromatic rings. The summed E-state index contributed by atoms with van der Waals surface area (Å²) < 4.78 is 44.5. The first-order valence-electron chi connectivity index (χ1n) is 16.2. The molecule has 20 heteroatoms. The highest BCUT2D eigenvalue weighted by Crippen LogP contribution is 2.40. The third-order valence-corrected chi connectivity index (χ3v) is 8.80. The van der Waals surface area contributed by atoms with E-state index in [9.17, 15) is 55.2 Å². The number of aliphatic hydroxyl groups excluding tert-OH is 4. The average molecular weight is 769 g/mol. The number of phenols is 2. The van der Waals surface area contributed by atoms with E-state index in [1.165, 1.54) is 38.5 Å². The van der Waals surface area contributed by atoms with Gasteiger partial charge in [0, 0.05) is 17.7 Å². The Morgan fingerprint density at radius 3 is 2.35 bits per heavy atom. The molecule has 0 saturated carbocycles. The van der Waals surface area contributed by atoms with Crippen LogP contribution in [0.5, 0.6) is 28.7 Å². The van der Waals surface area contributed by atoms with Gasteiger partial charge in [0.05, 0.1) is 45.9 Å². The fraction of sp³-hybridized carbons (Fsp3) is 0.500. The lowest BCUT2D eigenvalue weighted by molar-refractivity contribution is -0.319. The van der Waals surface area contributed by atoms with Crippen molar-refractivity contribution in [2.24, 2.45) is 0 Å². The van der Waals surface area contributed by atoms with Crippen LogP contribution in [-0.4, -0.2) is 146 Å². The van der Waals surface area contributed by atoms with E-state index < -0.39 is 121 Å². The van der Waals surface area contributed by atoms with Gasteiger partial charge >= 0.3 is 11.9 Å². The summed E-state index contributed by atoms with van der Waals surface area (Å²) in [7, 11) is 2.57. The van der Waals surface area contributed by atoms with E-state index in [4.69, 9.17) is 42.7 Å². The summed E-state index contributed by atoms with van der Waals surface area (Å²) >= 11 is 0. The van der Waals surface area contributed by atoms with E-state index in [1.54, 1.807) is 0 Å². The Labute approximate surface area is 304 Å². The van der Waals surface area contributed by atoms with Gasteiger partial charge in [0.2, 0.25) is 17.5 Å². The van der Waals surface area contributed by atoms with E-state index in [2.05, 4.69) is 0 Å². The third kappa shape index (κ3) is 8.31. The lowest BCUT2D eigenvalue weighted by Crippen LogP contribution is -2.62. The number of carboxylic acid groups (broad SMARTS) is 1. The summed E-state index contributed by atoms with van der Waals surface area (Å²) in [6.45, 7) is -1.32. The molecule has 2 aliphatic heterocycles. The van der Waals surface area contributed by atoms with E-state index in [0.29, 0.717) is 0 Å². The first-order chi connectivity index (χ1) is 25.4.